The molecule has 0 saturated carbocycles. The van der Waals surface area contributed by atoms with Crippen molar-refractivity contribution in [3.05, 3.63) is 50.3 Å². The van der Waals surface area contributed by atoms with Crippen LogP contribution in [0.2, 0.25) is 15.1 Å². The third-order valence-electron chi connectivity index (χ3n) is 3.42. The second-order valence-corrected chi connectivity index (χ2v) is 7.18. The number of ether oxygens (including phenoxy) is 1. The lowest BCUT2D eigenvalue weighted by Gasteiger charge is -2.09. The molecule has 9 heteroatoms. The Labute approximate surface area is 162 Å². The van der Waals surface area contributed by atoms with Crippen molar-refractivity contribution in [3.63, 3.8) is 0 Å². The van der Waals surface area contributed by atoms with Crippen molar-refractivity contribution in [3.8, 4) is 22.1 Å². The highest BCUT2D eigenvalue weighted by atomic mass is 35.5. The number of carboxylic acid groups (broad SMARTS) is 1. The summed E-state index contributed by atoms with van der Waals surface area (Å²) >= 11 is 19.8. The van der Waals surface area contributed by atoms with Crippen molar-refractivity contribution in [1.29, 1.82) is 0 Å². The van der Waals surface area contributed by atoms with E-state index in [2.05, 4.69) is 5.10 Å². The van der Waals surface area contributed by atoms with E-state index in [0.29, 0.717) is 38.4 Å². The number of hydrogen-bond acceptors (Lipinski definition) is 4. The number of carbonyl (C=O) groups is 1. The third kappa shape index (κ3) is 3.62. The highest BCUT2D eigenvalue weighted by Gasteiger charge is 2.24. The predicted octanol–water partition coefficient (Wildman–Crippen LogP) is 6.18. The maximum Gasteiger partial charge on any atom is 0.512 e. The molecule has 0 radical (unpaired) electrons. The summed E-state index contributed by atoms with van der Waals surface area (Å²) in [6, 6.07) is 6.77. The van der Waals surface area contributed by atoms with Gasteiger partial charge in [0.25, 0.3) is 0 Å². The van der Waals surface area contributed by atoms with Gasteiger partial charge in [0.15, 0.2) is 0 Å². The zero-order valence-corrected chi connectivity index (χ0v) is 15.9. The zero-order valence-electron chi connectivity index (χ0n) is 12.8. The third-order valence-corrected chi connectivity index (χ3v) is 5.25. The zero-order chi connectivity index (χ0) is 18.1. The summed E-state index contributed by atoms with van der Waals surface area (Å²) in [4.78, 5) is 11.8. The first kappa shape index (κ1) is 18.1. The Morgan fingerprint density at radius 1 is 1.28 bits per heavy atom. The van der Waals surface area contributed by atoms with Gasteiger partial charge in [-0.05, 0) is 30.7 Å². The molecule has 0 fully saturated rings. The monoisotopic (exact) mass is 416 g/mol. The van der Waals surface area contributed by atoms with Crippen LogP contribution in [-0.2, 0) is 6.42 Å². The van der Waals surface area contributed by atoms with Gasteiger partial charge in [0.05, 0.1) is 26.3 Å². The molecule has 25 heavy (non-hydrogen) atoms. The van der Waals surface area contributed by atoms with Crippen LogP contribution in [0, 0.1) is 0 Å². The van der Waals surface area contributed by atoms with Gasteiger partial charge in [-0.2, -0.15) is 0 Å². The minimum atomic E-state index is -1.43. The molecule has 1 N–H and O–H groups in total. The molecule has 130 valence electrons. The molecule has 0 bridgehead atoms. The van der Waals surface area contributed by atoms with Crippen LogP contribution in [0.3, 0.4) is 0 Å². The van der Waals surface area contributed by atoms with Crippen LogP contribution in [0.1, 0.15) is 12.5 Å². The summed E-state index contributed by atoms with van der Waals surface area (Å²) in [6.07, 6.45) is -0.920. The van der Waals surface area contributed by atoms with Crippen molar-refractivity contribution >= 4 is 52.3 Å². The van der Waals surface area contributed by atoms with E-state index < -0.39 is 6.16 Å². The average Bonchev–Trinajstić information content (AvgIpc) is 3.10. The fourth-order valence-corrected chi connectivity index (χ4v) is 4.05. The van der Waals surface area contributed by atoms with E-state index in [1.165, 1.54) is 11.3 Å². The Bertz CT molecular complexity index is 952. The lowest BCUT2D eigenvalue weighted by Crippen LogP contribution is -2.05. The fourth-order valence-electron chi connectivity index (χ4n) is 2.43. The number of thiophene rings is 1. The highest BCUT2D eigenvalue weighted by molar-refractivity contribution is 7.14. The summed E-state index contributed by atoms with van der Waals surface area (Å²) < 4.78 is 6.41. The van der Waals surface area contributed by atoms with Crippen molar-refractivity contribution in [2.45, 2.75) is 13.3 Å². The molecule has 0 aliphatic rings. The summed E-state index contributed by atoms with van der Waals surface area (Å²) in [5.41, 5.74) is 1.88. The smallest absolute Gasteiger partial charge is 0.449 e. The van der Waals surface area contributed by atoms with E-state index >= 15 is 0 Å². The first-order chi connectivity index (χ1) is 11.9. The van der Waals surface area contributed by atoms with Crippen LogP contribution in [-0.4, -0.2) is 21.0 Å². The highest BCUT2D eigenvalue weighted by Crippen LogP contribution is 2.39. The summed E-state index contributed by atoms with van der Waals surface area (Å²) in [5, 5.41) is 16.5. The molecule has 0 unspecified atom stereocenters. The Morgan fingerprint density at radius 2 is 2.04 bits per heavy atom. The van der Waals surface area contributed by atoms with Crippen LogP contribution in [0.5, 0.6) is 5.88 Å². The molecule has 2 aromatic heterocycles. The van der Waals surface area contributed by atoms with Gasteiger partial charge in [-0.3, -0.25) is 0 Å². The van der Waals surface area contributed by atoms with Crippen molar-refractivity contribution < 1.29 is 14.6 Å². The normalized spacial score (nSPS) is 10.9. The Kier molecular flexibility index (Phi) is 5.24. The van der Waals surface area contributed by atoms with Gasteiger partial charge in [0, 0.05) is 16.0 Å². The van der Waals surface area contributed by atoms with E-state index in [0.717, 1.165) is 4.88 Å². The first-order valence-electron chi connectivity index (χ1n) is 7.13. The maximum atomic E-state index is 11.0. The van der Waals surface area contributed by atoms with Gasteiger partial charge >= 0.3 is 6.16 Å². The summed E-state index contributed by atoms with van der Waals surface area (Å²) in [6.45, 7) is 1.89. The first-order valence-corrected chi connectivity index (χ1v) is 9.14. The molecular weight excluding hydrogens is 407 g/mol. The number of hydrogen-bond donors (Lipinski definition) is 1. The fraction of sp³-hybridized carbons (Fsp3) is 0.125. The molecule has 3 aromatic rings. The number of halogens is 3. The van der Waals surface area contributed by atoms with Gasteiger partial charge in [0.2, 0.25) is 5.88 Å². The molecule has 0 amide bonds. The number of rotatable bonds is 4. The molecule has 0 aliphatic carbocycles. The summed E-state index contributed by atoms with van der Waals surface area (Å²) in [5.74, 6) is 0.0144. The van der Waals surface area contributed by atoms with Gasteiger partial charge in [0.1, 0.15) is 0 Å². The molecule has 5 nitrogen and oxygen atoms in total. The lowest BCUT2D eigenvalue weighted by molar-refractivity contribution is 0.142. The molecule has 2 heterocycles. The molecule has 0 spiro atoms. The van der Waals surface area contributed by atoms with Crippen LogP contribution in [0.15, 0.2) is 29.6 Å². The Morgan fingerprint density at radius 3 is 2.60 bits per heavy atom. The Balaban J connectivity index is 2.29. The van der Waals surface area contributed by atoms with E-state index in [9.17, 15) is 4.79 Å². The Hall–Kier alpha value is -1.73. The van der Waals surface area contributed by atoms with E-state index in [4.69, 9.17) is 44.6 Å². The standard InChI is InChI=1S/C16H11Cl3N2O3S/c1-2-10-14(13-6-9(18)7-25-13)21(20-15(10)24-16(22)23)12-4-3-8(17)5-11(12)19/h3-7H,2H2,1H3,(H,22,23). The lowest BCUT2D eigenvalue weighted by atomic mass is 10.1. The number of nitrogens with zero attached hydrogens (tertiary/aromatic N) is 2. The van der Waals surface area contributed by atoms with E-state index in [1.54, 1.807) is 34.3 Å². The van der Waals surface area contributed by atoms with E-state index in [1.807, 2.05) is 6.92 Å². The predicted molar refractivity (Wildman–Crippen MR) is 99.9 cm³/mol. The molecule has 3 rings (SSSR count). The molecule has 0 atom stereocenters. The van der Waals surface area contributed by atoms with Crippen molar-refractivity contribution in [1.82, 2.24) is 9.78 Å². The molecular formula is C16H11Cl3N2O3S. The van der Waals surface area contributed by atoms with Crippen LogP contribution >= 0.6 is 46.1 Å². The second kappa shape index (κ2) is 7.25. The van der Waals surface area contributed by atoms with E-state index in [-0.39, 0.29) is 5.88 Å². The van der Waals surface area contributed by atoms with Gasteiger partial charge in [-0.25, -0.2) is 9.48 Å². The summed E-state index contributed by atoms with van der Waals surface area (Å²) in [7, 11) is 0. The number of aromatic nitrogens is 2. The minimum Gasteiger partial charge on any atom is -0.449 e. The van der Waals surface area contributed by atoms with Gasteiger partial charge in [-0.15, -0.1) is 16.4 Å². The second-order valence-electron chi connectivity index (χ2n) is 4.99. The van der Waals surface area contributed by atoms with Crippen molar-refractivity contribution in [2.75, 3.05) is 0 Å². The number of benzene rings is 1. The minimum absolute atomic E-state index is 0.0144. The largest absolute Gasteiger partial charge is 0.512 e. The van der Waals surface area contributed by atoms with Crippen LogP contribution < -0.4 is 4.74 Å². The van der Waals surface area contributed by atoms with Gasteiger partial charge in [-0.1, -0.05) is 41.7 Å². The van der Waals surface area contributed by atoms with Crippen LogP contribution in [0.25, 0.3) is 16.3 Å². The molecule has 0 saturated heterocycles. The molecule has 1 aromatic carbocycles. The SMILES string of the molecule is CCc1c(OC(=O)O)nn(-c2ccc(Cl)cc2Cl)c1-c1cc(Cl)cs1. The quantitative estimate of drug-likeness (QED) is 0.515. The van der Waals surface area contributed by atoms with Crippen molar-refractivity contribution in [2.24, 2.45) is 0 Å². The van der Waals surface area contributed by atoms with Gasteiger partial charge < -0.3 is 9.84 Å². The molecule has 0 aliphatic heterocycles. The maximum absolute atomic E-state index is 11.0. The average molecular weight is 418 g/mol. The topological polar surface area (TPSA) is 64.3 Å². The van der Waals surface area contributed by atoms with Crippen LogP contribution in [0.4, 0.5) is 4.79 Å².